The first kappa shape index (κ1) is 26.7. The molecule has 0 saturated carbocycles. The first-order valence-corrected chi connectivity index (χ1v) is 12.3. The van der Waals surface area contributed by atoms with Crippen LogP contribution < -0.4 is 10.6 Å². The molecule has 0 atom stereocenters. The number of aromatic nitrogens is 1. The van der Waals surface area contributed by atoms with Crippen LogP contribution >= 0.6 is 11.8 Å². The summed E-state index contributed by atoms with van der Waals surface area (Å²) in [6, 6.07) is 17.3. The number of carbonyl (C=O) groups is 2. The first-order chi connectivity index (χ1) is 18.1. The van der Waals surface area contributed by atoms with Crippen LogP contribution in [0, 0.1) is 10.1 Å². The van der Waals surface area contributed by atoms with Gasteiger partial charge in [0.25, 0.3) is 11.6 Å². The number of benzene rings is 3. The van der Waals surface area contributed by atoms with E-state index in [4.69, 9.17) is 0 Å². The number of nitrogens with zero attached hydrogens (tertiary/aromatic N) is 2. The fraction of sp³-hybridized carbons (Fsp3) is 0.154. The van der Waals surface area contributed by atoms with Crippen LogP contribution in [0.4, 0.5) is 24.5 Å². The van der Waals surface area contributed by atoms with E-state index in [0.29, 0.717) is 12.2 Å². The van der Waals surface area contributed by atoms with Gasteiger partial charge in [-0.15, -0.1) is 11.8 Å². The maximum absolute atomic E-state index is 12.9. The van der Waals surface area contributed by atoms with Gasteiger partial charge in [0.2, 0.25) is 5.91 Å². The van der Waals surface area contributed by atoms with Crippen molar-refractivity contribution in [2.24, 2.45) is 0 Å². The number of fused-ring (bicyclic) bond motifs is 1. The van der Waals surface area contributed by atoms with Crippen molar-refractivity contribution in [3.8, 4) is 0 Å². The molecule has 0 aliphatic carbocycles. The molecule has 1 heterocycles. The number of carbonyl (C=O) groups excluding carboxylic acids is 2. The van der Waals surface area contributed by atoms with E-state index in [1.165, 1.54) is 48.2 Å². The second-order valence-corrected chi connectivity index (χ2v) is 9.20. The van der Waals surface area contributed by atoms with Crippen molar-refractivity contribution in [3.05, 3.63) is 100 Å². The van der Waals surface area contributed by atoms with E-state index in [9.17, 15) is 32.9 Å². The largest absolute Gasteiger partial charge is 0.416 e. The third kappa shape index (κ3) is 6.51. The van der Waals surface area contributed by atoms with Gasteiger partial charge in [0.15, 0.2) is 0 Å². The fourth-order valence-electron chi connectivity index (χ4n) is 3.75. The zero-order valence-electron chi connectivity index (χ0n) is 19.7. The van der Waals surface area contributed by atoms with Gasteiger partial charge in [0.05, 0.1) is 16.2 Å². The minimum Gasteiger partial charge on any atom is -0.350 e. The molecule has 0 saturated heterocycles. The van der Waals surface area contributed by atoms with Gasteiger partial charge in [-0.3, -0.25) is 19.7 Å². The van der Waals surface area contributed by atoms with Gasteiger partial charge >= 0.3 is 6.18 Å². The maximum atomic E-state index is 12.9. The molecule has 38 heavy (non-hydrogen) atoms. The number of non-ortho nitro benzene ring substituents is 1. The van der Waals surface area contributed by atoms with Crippen molar-refractivity contribution < 1.29 is 27.7 Å². The Morgan fingerprint density at radius 1 is 1.00 bits per heavy atom. The highest BCUT2D eigenvalue weighted by Gasteiger charge is 2.30. The molecular weight excluding hydrogens is 521 g/mol. The third-order valence-electron chi connectivity index (χ3n) is 5.56. The lowest BCUT2D eigenvalue weighted by Crippen LogP contribution is -2.27. The summed E-state index contributed by atoms with van der Waals surface area (Å²) >= 11 is 1.31. The van der Waals surface area contributed by atoms with Crippen LogP contribution in [0.3, 0.4) is 0 Å². The molecule has 12 heteroatoms. The number of anilines is 1. The van der Waals surface area contributed by atoms with Gasteiger partial charge in [-0.2, -0.15) is 13.2 Å². The molecule has 1 aromatic heterocycles. The monoisotopic (exact) mass is 542 g/mol. The van der Waals surface area contributed by atoms with Crippen molar-refractivity contribution >= 4 is 45.9 Å². The Kier molecular flexibility index (Phi) is 8.01. The van der Waals surface area contributed by atoms with Crippen molar-refractivity contribution in [2.45, 2.75) is 17.6 Å². The zero-order chi connectivity index (χ0) is 27.3. The summed E-state index contributed by atoms with van der Waals surface area (Å²) in [5, 5.41) is 17.0. The van der Waals surface area contributed by atoms with Crippen LogP contribution in [-0.4, -0.2) is 33.6 Å². The summed E-state index contributed by atoms with van der Waals surface area (Å²) in [4.78, 5) is 35.9. The Hall–Kier alpha value is -4.32. The Balaban J connectivity index is 1.37. The number of halogens is 3. The third-order valence-corrected chi connectivity index (χ3v) is 6.61. The fourth-order valence-corrected chi connectivity index (χ4v) is 4.64. The summed E-state index contributed by atoms with van der Waals surface area (Å²) in [6.45, 7) is 0.541. The molecule has 0 aliphatic rings. The molecule has 0 spiro atoms. The molecule has 2 amide bonds. The second-order valence-electron chi connectivity index (χ2n) is 8.18. The van der Waals surface area contributed by atoms with Gasteiger partial charge < -0.3 is 15.2 Å². The quantitative estimate of drug-likeness (QED) is 0.160. The molecule has 196 valence electrons. The highest BCUT2D eigenvalue weighted by molar-refractivity contribution is 8.00. The number of amides is 2. The second kappa shape index (κ2) is 11.4. The number of nitrogens with one attached hydrogen (secondary N) is 2. The molecule has 0 unspecified atom stereocenters. The van der Waals surface area contributed by atoms with Crippen molar-refractivity contribution in [3.63, 3.8) is 0 Å². The lowest BCUT2D eigenvalue weighted by atomic mass is 10.1. The molecular formula is C26H21F3N4O4S. The van der Waals surface area contributed by atoms with E-state index in [1.54, 1.807) is 0 Å². The smallest absolute Gasteiger partial charge is 0.350 e. The number of rotatable bonds is 9. The summed E-state index contributed by atoms with van der Waals surface area (Å²) in [5.41, 5.74) is 0.281. The number of hydrogen-bond acceptors (Lipinski definition) is 5. The molecule has 8 nitrogen and oxygen atoms in total. The molecule has 4 rings (SSSR count). The molecule has 3 aromatic carbocycles. The predicted octanol–water partition coefficient (Wildman–Crippen LogP) is 5.73. The van der Waals surface area contributed by atoms with E-state index < -0.39 is 22.6 Å². The molecule has 0 fully saturated rings. The lowest BCUT2D eigenvalue weighted by Gasteiger charge is -2.10. The molecule has 0 aliphatic heterocycles. The van der Waals surface area contributed by atoms with Crippen molar-refractivity contribution in [2.75, 3.05) is 17.6 Å². The number of nitro groups is 1. The van der Waals surface area contributed by atoms with E-state index in [1.807, 2.05) is 35.0 Å². The Bertz CT molecular complexity index is 1490. The van der Waals surface area contributed by atoms with Gasteiger partial charge in [0.1, 0.15) is 0 Å². The summed E-state index contributed by atoms with van der Waals surface area (Å²) in [7, 11) is 0. The first-order valence-electron chi connectivity index (χ1n) is 11.3. The van der Waals surface area contributed by atoms with Crippen molar-refractivity contribution in [1.82, 2.24) is 9.88 Å². The van der Waals surface area contributed by atoms with Crippen LogP contribution in [-0.2, 0) is 17.5 Å². The Morgan fingerprint density at radius 2 is 1.74 bits per heavy atom. The van der Waals surface area contributed by atoms with Gasteiger partial charge in [-0.1, -0.05) is 24.3 Å². The highest BCUT2D eigenvalue weighted by Crippen LogP contribution is 2.31. The summed E-state index contributed by atoms with van der Waals surface area (Å²) < 4.78 is 40.7. The average Bonchev–Trinajstić information content (AvgIpc) is 3.25. The highest BCUT2D eigenvalue weighted by atomic mass is 32.2. The van der Waals surface area contributed by atoms with Crippen molar-refractivity contribution in [1.29, 1.82) is 0 Å². The maximum Gasteiger partial charge on any atom is 0.416 e. The molecule has 0 radical (unpaired) electrons. The predicted molar refractivity (Wildman–Crippen MR) is 138 cm³/mol. The number of nitro benzene ring substituents is 1. The number of para-hydroxylation sites is 1. The average molecular weight is 543 g/mol. The van der Waals surface area contributed by atoms with Gasteiger partial charge in [-0.05, 0) is 36.4 Å². The van der Waals surface area contributed by atoms with Gasteiger partial charge in [-0.25, -0.2) is 0 Å². The molecule has 2 N–H and O–H groups in total. The number of hydrogen-bond donors (Lipinski definition) is 2. The van der Waals surface area contributed by atoms with Gasteiger partial charge in [0, 0.05) is 58.5 Å². The molecule has 4 aromatic rings. The van der Waals surface area contributed by atoms with Crippen LogP contribution in [0.15, 0.2) is 83.9 Å². The Morgan fingerprint density at radius 3 is 2.45 bits per heavy atom. The SMILES string of the molecule is O=C(CSc1cn(CCNC(=O)c2cccc(C(F)(F)F)c2)c2ccccc12)Nc1ccc([N+](=O)[O-])cc1. The van der Waals surface area contributed by atoms with E-state index in [-0.39, 0.29) is 29.5 Å². The Labute approximate surface area is 219 Å². The minimum atomic E-state index is -4.53. The van der Waals surface area contributed by atoms with Crippen LogP contribution in [0.25, 0.3) is 10.9 Å². The van der Waals surface area contributed by atoms with Crippen LogP contribution in [0.2, 0.25) is 0 Å². The zero-order valence-corrected chi connectivity index (χ0v) is 20.5. The summed E-state index contributed by atoms with van der Waals surface area (Å²) in [5.74, 6) is -0.795. The molecule has 0 bridgehead atoms. The van der Waals surface area contributed by atoms with E-state index in [2.05, 4.69) is 10.6 Å². The lowest BCUT2D eigenvalue weighted by molar-refractivity contribution is -0.384. The number of thioether (sulfide) groups is 1. The summed E-state index contributed by atoms with van der Waals surface area (Å²) in [6.07, 6.45) is -2.68. The van der Waals surface area contributed by atoms with E-state index >= 15 is 0 Å². The minimum absolute atomic E-state index is 0.0730. The number of alkyl halides is 3. The normalized spacial score (nSPS) is 11.3. The standard InChI is InChI=1S/C26H21F3N4O4S/c27-26(28,29)18-5-3-4-17(14-18)25(35)30-12-13-32-15-23(21-6-1-2-7-22(21)32)38-16-24(34)31-19-8-10-20(11-9-19)33(36)37/h1-11,14-15H,12-13,16H2,(H,30,35)(H,31,34). The van der Waals surface area contributed by atoms with Crippen LogP contribution in [0.1, 0.15) is 15.9 Å². The topological polar surface area (TPSA) is 106 Å². The van der Waals surface area contributed by atoms with E-state index in [0.717, 1.165) is 27.9 Å². The van der Waals surface area contributed by atoms with Crippen LogP contribution in [0.5, 0.6) is 0 Å².